The Labute approximate surface area is 137 Å². The van der Waals surface area contributed by atoms with Crippen LogP contribution in [0.3, 0.4) is 0 Å². The highest BCUT2D eigenvalue weighted by Crippen LogP contribution is 2.39. The fourth-order valence-electron chi connectivity index (χ4n) is 4.15. The minimum Gasteiger partial charge on any atom is -0.384 e. The highest BCUT2D eigenvalue weighted by molar-refractivity contribution is 7.89. The van der Waals surface area contributed by atoms with Gasteiger partial charge in [0.2, 0.25) is 10.0 Å². The molecule has 128 valence electrons. The summed E-state index contributed by atoms with van der Waals surface area (Å²) in [6, 6.07) is 5.25. The maximum Gasteiger partial charge on any atom is 0.243 e. The predicted octanol–water partition coefficient (Wildman–Crippen LogP) is 1.55. The van der Waals surface area contributed by atoms with Crippen molar-refractivity contribution in [1.82, 2.24) is 9.21 Å². The Bertz CT molecular complexity index is 664. The fraction of sp³-hybridized carbons (Fsp3) is 0.625. The number of fused-ring (bicyclic) bond motifs is 2. The topological polar surface area (TPSA) is 49.9 Å². The normalized spacial score (nSPS) is 32.3. The van der Waals surface area contributed by atoms with Gasteiger partial charge in [-0.1, -0.05) is 0 Å². The molecule has 2 heterocycles. The van der Waals surface area contributed by atoms with E-state index in [1.807, 2.05) is 6.92 Å². The van der Waals surface area contributed by atoms with E-state index < -0.39 is 15.8 Å². The lowest BCUT2D eigenvalue weighted by molar-refractivity contribution is 0.0624. The van der Waals surface area contributed by atoms with Crippen LogP contribution in [-0.2, 0) is 14.8 Å². The number of benzene rings is 1. The molecule has 7 heteroatoms. The van der Waals surface area contributed by atoms with Crippen LogP contribution in [0.5, 0.6) is 0 Å². The van der Waals surface area contributed by atoms with E-state index in [2.05, 4.69) is 11.9 Å². The first-order valence-electron chi connectivity index (χ1n) is 7.84. The number of sulfonamides is 1. The molecular weight excluding hydrogens is 319 g/mol. The van der Waals surface area contributed by atoms with Gasteiger partial charge in [-0.3, -0.25) is 4.90 Å². The molecule has 2 aliphatic rings. The van der Waals surface area contributed by atoms with Crippen molar-refractivity contribution in [2.24, 2.45) is 5.92 Å². The van der Waals surface area contributed by atoms with Crippen LogP contribution in [-0.4, -0.2) is 63.1 Å². The standard InChI is InChI=1S/C16H23FN2O3S/c1-11-16-12(10-22-3)8-14(18(16)2)9-19(11)23(20,21)15-6-4-13(17)5-7-15/h4-7,11-12,14,16H,8-10H2,1-3H3/t11?,12-,14-,16-/m1/s1. The summed E-state index contributed by atoms with van der Waals surface area (Å²) in [5.41, 5.74) is 0. The minimum absolute atomic E-state index is 0.143. The van der Waals surface area contributed by atoms with E-state index in [-0.39, 0.29) is 23.0 Å². The van der Waals surface area contributed by atoms with Crippen molar-refractivity contribution in [3.05, 3.63) is 30.1 Å². The molecule has 0 amide bonds. The maximum atomic E-state index is 13.1. The summed E-state index contributed by atoms with van der Waals surface area (Å²) in [5, 5.41) is 0. The average molecular weight is 342 g/mol. The molecule has 1 aromatic rings. The molecule has 2 fully saturated rings. The van der Waals surface area contributed by atoms with E-state index >= 15 is 0 Å². The molecule has 0 aromatic heterocycles. The number of rotatable bonds is 4. The Kier molecular flexibility index (Phi) is 4.48. The first-order valence-corrected chi connectivity index (χ1v) is 9.28. The van der Waals surface area contributed by atoms with Crippen LogP contribution in [0.1, 0.15) is 13.3 Å². The van der Waals surface area contributed by atoms with Crippen LogP contribution in [0.25, 0.3) is 0 Å². The molecule has 0 saturated carbocycles. The molecule has 2 saturated heterocycles. The van der Waals surface area contributed by atoms with Crippen LogP contribution in [0.15, 0.2) is 29.2 Å². The van der Waals surface area contributed by atoms with Crippen molar-refractivity contribution in [2.75, 3.05) is 27.3 Å². The van der Waals surface area contributed by atoms with Crippen LogP contribution in [0.4, 0.5) is 4.39 Å². The van der Waals surface area contributed by atoms with Crippen LogP contribution in [0.2, 0.25) is 0 Å². The molecule has 0 spiro atoms. The van der Waals surface area contributed by atoms with Gasteiger partial charge < -0.3 is 4.74 Å². The molecule has 5 nitrogen and oxygen atoms in total. The molecule has 0 aliphatic carbocycles. The highest BCUT2D eigenvalue weighted by Gasteiger charge is 2.51. The third-order valence-corrected chi connectivity index (χ3v) is 7.21. The van der Waals surface area contributed by atoms with Crippen molar-refractivity contribution < 1.29 is 17.5 Å². The fourth-order valence-corrected chi connectivity index (χ4v) is 5.83. The van der Waals surface area contributed by atoms with E-state index in [4.69, 9.17) is 4.74 Å². The second kappa shape index (κ2) is 6.12. The zero-order valence-corrected chi connectivity index (χ0v) is 14.5. The summed E-state index contributed by atoms with van der Waals surface area (Å²) in [6.07, 6.45) is 0.939. The van der Waals surface area contributed by atoms with Crippen LogP contribution < -0.4 is 0 Å². The van der Waals surface area contributed by atoms with Gasteiger partial charge in [-0.25, -0.2) is 12.8 Å². The van der Waals surface area contributed by atoms with Gasteiger partial charge in [0.1, 0.15) is 5.82 Å². The Balaban J connectivity index is 1.91. The summed E-state index contributed by atoms with van der Waals surface area (Å²) in [6.45, 7) is 3.06. The zero-order chi connectivity index (χ0) is 16.8. The lowest BCUT2D eigenvalue weighted by Crippen LogP contribution is -2.59. The van der Waals surface area contributed by atoms with Crippen molar-refractivity contribution in [3.8, 4) is 0 Å². The maximum absolute atomic E-state index is 13.1. The van der Waals surface area contributed by atoms with E-state index in [9.17, 15) is 12.8 Å². The van der Waals surface area contributed by atoms with Gasteiger partial charge in [0, 0.05) is 37.7 Å². The van der Waals surface area contributed by atoms with Gasteiger partial charge in [-0.05, 0) is 44.7 Å². The van der Waals surface area contributed by atoms with E-state index in [1.165, 1.54) is 24.3 Å². The quantitative estimate of drug-likeness (QED) is 0.833. The summed E-state index contributed by atoms with van der Waals surface area (Å²) in [4.78, 5) is 2.43. The third-order valence-electron chi connectivity index (χ3n) is 5.24. The van der Waals surface area contributed by atoms with Gasteiger partial charge in [0.05, 0.1) is 11.5 Å². The molecule has 0 radical (unpaired) electrons. The number of hydrogen-bond acceptors (Lipinski definition) is 4. The second-order valence-electron chi connectivity index (χ2n) is 6.53. The number of piperazine rings is 1. The SMILES string of the molecule is COC[C@H]1C[C@@H]2CN(S(=O)(=O)c3ccc(F)cc3)C(C)[C@H]1N2C. The van der Waals surface area contributed by atoms with E-state index in [0.717, 1.165) is 6.42 Å². The van der Waals surface area contributed by atoms with Crippen molar-refractivity contribution in [3.63, 3.8) is 0 Å². The number of ether oxygens (including phenoxy) is 1. The summed E-state index contributed by atoms with van der Waals surface area (Å²) in [5.74, 6) is -0.103. The van der Waals surface area contributed by atoms with Gasteiger partial charge in [0.15, 0.2) is 0 Å². The Morgan fingerprint density at radius 2 is 1.96 bits per heavy atom. The first kappa shape index (κ1) is 16.8. The predicted molar refractivity (Wildman–Crippen MR) is 85.1 cm³/mol. The van der Waals surface area contributed by atoms with E-state index in [0.29, 0.717) is 19.1 Å². The summed E-state index contributed by atoms with van der Waals surface area (Å²) >= 11 is 0. The minimum atomic E-state index is -3.62. The Morgan fingerprint density at radius 1 is 1.30 bits per heavy atom. The number of hydrogen-bond donors (Lipinski definition) is 0. The van der Waals surface area contributed by atoms with Gasteiger partial charge >= 0.3 is 0 Å². The molecule has 2 aliphatic heterocycles. The second-order valence-corrected chi connectivity index (χ2v) is 8.42. The van der Waals surface area contributed by atoms with Gasteiger partial charge in [-0.2, -0.15) is 4.31 Å². The Hall–Kier alpha value is -1.02. The summed E-state index contributed by atoms with van der Waals surface area (Å²) in [7, 11) is 0.123. The smallest absolute Gasteiger partial charge is 0.243 e. The van der Waals surface area contributed by atoms with Crippen LogP contribution in [0, 0.1) is 11.7 Å². The molecule has 23 heavy (non-hydrogen) atoms. The number of likely N-dealkylation sites (N-methyl/N-ethyl adjacent to an activating group) is 1. The Morgan fingerprint density at radius 3 is 2.57 bits per heavy atom. The van der Waals surface area contributed by atoms with Gasteiger partial charge in [0.25, 0.3) is 0 Å². The molecule has 1 aromatic carbocycles. The molecule has 3 rings (SSSR count). The molecule has 4 atom stereocenters. The average Bonchev–Trinajstić information content (AvgIpc) is 2.71. The highest BCUT2D eigenvalue weighted by atomic mass is 32.2. The van der Waals surface area contributed by atoms with Gasteiger partial charge in [-0.15, -0.1) is 0 Å². The molecular formula is C16H23FN2O3S. The van der Waals surface area contributed by atoms with Crippen LogP contribution >= 0.6 is 0 Å². The monoisotopic (exact) mass is 342 g/mol. The third kappa shape index (κ3) is 2.80. The largest absolute Gasteiger partial charge is 0.384 e. The number of halogens is 1. The molecule has 0 N–H and O–H groups in total. The lowest BCUT2D eigenvalue weighted by Gasteiger charge is -2.44. The number of nitrogens with zero attached hydrogens (tertiary/aromatic N) is 2. The van der Waals surface area contributed by atoms with Crippen molar-refractivity contribution in [1.29, 1.82) is 0 Å². The zero-order valence-electron chi connectivity index (χ0n) is 13.6. The lowest BCUT2D eigenvalue weighted by atomic mass is 9.96. The van der Waals surface area contributed by atoms with Crippen molar-refractivity contribution >= 4 is 10.0 Å². The van der Waals surface area contributed by atoms with Crippen molar-refractivity contribution in [2.45, 2.75) is 36.4 Å². The summed E-state index contributed by atoms with van der Waals surface area (Å²) < 4.78 is 45.9. The van der Waals surface area contributed by atoms with E-state index in [1.54, 1.807) is 11.4 Å². The number of methoxy groups -OCH3 is 1. The molecule has 2 bridgehead atoms. The molecule has 1 unspecified atom stereocenters. The first-order chi connectivity index (χ1) is 10.9.